The first-order valence-electron chi connectivity index (χ1n) is 8.42. The van der Waals surface area contributed by atoms with E-state index >= 15 is 0 Å². The van der Waals surface area contributed by atoms with E-state index in [0.717, 1.165) is 45.4 Å². The Balaban J connectivity index is 2.34. The third-order valence-corrected chi connectivity index (χ3v) is 3.67. The van der Waals surface area contributed by atoms with Crippen LogP contribution in [0.5, 0.6) is 5.88 Å². The van der Waals surface area contributed by atoms with Crippen molar-refractivity contribution < 1.29 is 4.74 Å². The molecule has 3 N–H and O–H groups in total. The second-order valence-electron chi connectivity index (χ2n) is 5.30. The van der Waals surface area contributed by atoms with Crippen LogP contribution in [0, 0.1) is 0 Å². The number of rotatable bonds is 12. The number of aromatic nitrogens is 2. The summed E-state index contributed by atoms with van der Waals surface area (Å²) < 4.78 is 5.58. The molecule has 1 heterocycles. The minimum atomic E-state index is 0.481. The van der Waals surface area contributed by atoms with E-state index in [-0.39, 0.29) is 0 Å². The van der Waals surface area contributed by atoms with Gasteiger partial charge in [0.1, 0.15) is 12.0 Å². The van der Waals surface area contributed by atoms with Crippen LogP contribution in [0.3, 0.4) is 0 Å². The first-order chi connectivity index (χ1) is 10.7. The summed E-state index contributed by atoms with van der Waals surface area (Å²) >= 11 is 0. The molecule has 0 amide bonds. The van der Waals surface area contributed by atoms with Crippen LogP contribution in [-0.4, -0.2) is 47.7 Å². The summed E-state index contributed by atoms with van der Waals surface area (Å²) in [6.45, 7) is 11.4. The molecule has 0 spiro atoms. The van der Waals surface area contributed by atoms with Crippen molar-refractivity contribution in [3.8, 4) is 5.88 Å². The Morgan fingerprint density at radius 2 is 1.91 bits per heavy atom. The molecule has 0 aliphatic heterocycles. The van der Waals surface area contributed by atoms with Crippen molar-refractivity contribution in [1.82, 2.24) is 14.9 Å². The predicted molar refractivity (Wildman–Crippen MR) is 92.4 cm³/mol. The molecule has 6 nitrogen and oxygen atoms in total. The maximum Gasteiger partial charge on any atom is 0.242 e. The van der Waals surface area contributed by atoms with Gasteiger partial charge in [0.2, 0.25) is 5.88 Å². The monoisotopic (exact) mass is 309 g/mol. The van der Waals surface area contributed by atoms with E-state index in [1.54, 1.807) is 0 Å². The molecule has 0 aliphatic rings. The molecule has 126 valence electrons. The quantitative estimate of drug-likeness (QED) is 0.578. The van der Waals surface area contributed by atoms with E-state index < -0.39 is 0 Å². The second-order valence-corrected chi connectivity index (χ2v) is 5.30. The lowest BCUT2D eigenvalue weighted by Crippen LogP contribution is -2.24. The van der Waals surface area contributed by atoms with Crippen molar-refractivity contribution in [2.75, 3.05) is 43.8 Å². The lowest BCUT2D eigenvalue weighted by atomic mass is 10.3. The van der Waals surface area contributed by atoms with E-state index in [1.165, 1.54) is 12.7 Å². The highest BCUT2D eigenvalue weighted by Crippen LogP contribution is 2.24. The number of unbranched alkanes of at least 4 members (excludes halogenated alkanes) is 2. The third-order valence-electron chi connectivity index (χ3n) is 3.67. The fraction of sp³-hybridized carbons (Fsp3) is 0.750. The van der Waals surface area contributed by atoms with E-state index in [4.69, 9.17) is 10.5 Å². The molecule has 1 rings (SSSR count). The average molecular weight is 309 g/mol. The van der Waals surface area contributed by atoms with Crippen molar-refractivity contribution in [2.24, 2.45) is 0 Å². The molecule has 0 unspecified atom stereocenters. The van der Waals surface area contributed by atoms with E-state index in [9.17, 15) is 0 Å². The molecule has 0 aliphatic carbocycles. The molecular weight excluding hydrogens is 278 g/mol. The van der Waals surface area contributed by atoms with Gasteiger partial charge in [0.05, 0.1) is 6.61 Å². The molecular formula is C16H31N5O. The number of ether oxygens (including phenoxy) is 1. The fourth-order valence-corrected chi connectivity index (χ4v) is 2.16. The normalized spacial score (nSPS) is 10.9. The number of nitrogens with two attached hydrogens (primary N) is 1. The molecule has 0 fully saturated rings. The summed E-state index contributed by atoms with van der Waals surface area (Å²) in [5.41, 5.74) is 6.55. The topological polar surface area (TPSA) is 76.3 Å². The van der Waals surface area contributed by atoms with E-state index in [2.05, 4.69) is 41.0 Å². The Morgan fingerprint density at radius 1 is 1.14 bits per heavy atom. The van der Waals surface area contributed by atoms with Crippen molar-refractivity contribution >= 4 is 11.5 Å². The summed E-state index contributed by atoms with van der Waals surface area (Å²) in [5.74, 6) is 1.15. The van der Waals surface area contributed by atoms with Crippen molar-refractivity contribution in [3.63, 3.8) is 0 Å². The van der Waals surface area contributed by atoms with Crippen LogP contribution < -0.4 is 15.8 Å². The molecule has 0 bridgehead atoms. The highest BCUT2D eigenvalue weighted by molar-refractivity contribution is 5.66. The Morgan fingerprint density at radius 3 is 2.59 bits per heavy atom. The highest BCUT2D eigenvalue weighted by atomic mass is 16.5. The molecule has 6 heteroatoms. The van der Waals surface area contributed by atoms with Gasteiger partial charge in [-0.2, -0.15) is 4.98 Å². The van der Waals surface area contributed by atoms with Crippen molar-refractivity contribution in [3.05, 3.63) is 6.33 Å². The van der Waals surface area contributed by atoms with Crippen LogP contribution in [-0.2, 0) is 0 Å². The number of nitrogen functional groups attached to an aromatic ring is 1. The van der Waals surface area contributed by atoms with Crippen LogP contribution >= 0.6 is 0 Å². The zero-order valence-electron chi connectivity index (χ0n) is 14.3. The van der Waals surface area contributed by atoms with Gasteiger partial charge >= 0.3 is 0 Å². The van der Waals surface area contributed by atoms with Crippen LogP contribution in [0.25, 0.3) is 0 Å². The number of anilines is 2. The summed E-state index contributed by atoms with van der Waals surface area (Å²) in [4.78, 5) is 10.7. The van der Waals surface area contributed by atoms with Crippen molar-refractivity contribution in [2.45, 2.75) is 46.5 Å². The van der Waals surface area contributed by atoms with Gasteiger partial charge in [0.15, 0.2) is 5.82 Å². The van der Waals surface area contributed by atoms with Gasteiger partial charge in [-0.3, -0.25) is 0 Å². The smallest absolute Gasteiger partial charge is 0.242 e. The maximum atomic E-state index is 6.05. The van der Waals surface area contributed by atoms with Crippen LogP contribution in [0.4, 0.5) is 11.5 Å². The first-order valence-corrected chi connectivity index (χ1v) is 8.42. The minimum absolute atomic E-state index is 0.481. The average Bonchev–Trinajstić information content (AvgIpc) is 2.54. The minimum Gasteiger partial charge on any atom is -0.476 e. The first kappa shape index (κ1) is 18.5. The molecule has 0 saturated carbocycles. The number of hydrogen-bond donors (Lipinski definition) is 2. The summed E-state index contributed by atoms with van der Waals surface area (Å²) in [5, 5.41) is 3.28. The van der Waals surface area contributed by atoms with Crippen LogP contribution in [0.1, 0.15) is 46.5 Å². The second kappa shape index (κ2) is 11.1. The molecule has 0 atom stereocenters. The Hall–Kier alpha value is -1.56. The molecule has 0 aromatic carbocycles. The Bertz CT molecular complexity index is 410. The Labute approximate surface area is 134 Å². The molecule has 1 aromatic heterocycles. The van der Waals surface area contributed by atoms with Gasteiger partial charge in [-0.1, -0.05) is 27.2 Å². The van der Waals surface area contributed by atoms with Crippen LogP contribution in [0.2, 0.25) is 0 Å². The van der Waals surface area contributed by atoms with Gasteiger partial charge in [0, 0.05) is 6.54 Å². The van der Waals surface area contributed by atoms with Crippen LogP contribution in [0.15, 0.2) is 6.33 Å². The number of nitrogens with one attached hydrogen (secondary N) is 1. The van der Waals surface area contributed by atoms with Gasteiger partial charge in [-0.15, -0.1) is 0 Å². The fourth-order valence-electron chi connectivity index (χ4n) is 2.16. The standard InChI is InChI=1S/C16H31N5O/c1-4-7-12-22-16-14(17)15(19-13-20-16)18-10-8-9-11-21(5-2)6-3/h13H,4-12,17H2,1-3H3,(H,18,19,20). The molecule has 0 saturated heterocycles. The lowest BCUT2D eigenvalue weighted by molar-refractivity contribution is 0.298. The largest absolute Gasteiger partial charge is 0.476 e. The predicted octanol–water partition coefficient (Wildman–Crippen LogP) is 2.77. The summed E-state index contributed by atoms with van der Waals surface area (Å²) in [7, 11) is 0. The zero-order valence-corrected chi connectivity index (χ0v) is 14.3. The summed E-state index contributed by atoms with van der Waals surface area (Å²) in [6.07, 6.45) is 5.83. The molecule has 22 heavy (non-hydrogen) atoms. The lowest BCUT2D eigenvalue weighted by Gasteiger charge is -2.17. The van der Waals surface area contributed by atoms with Gasteiger partial charge in [-0.25, -0.2) is 4.98 Å². The highest BCUT2D eigenvalue weighted by Gasteiger charge is 2.08. The summed E-state index contributed by atoms with van der Waals surface area (Å²) in [6, 6.07) is 0. The van der Waals surface area contributed by atoms with E-state index in [0.29, 0.717) is 24.0 Å². The van der Waals surface area contributed by atoms with Gasteiger partial charge in [0.25, 0.3) is 0 Å². The van der Waals surface area contributed by atoms with Gasteiger partial charge < -0.3 is 20.7 Å². The SMILES string of the molecule is CCCCOc1ncnc(NCCCCN(CC)CC)c1N. The zero-order chi connectivity index (χ0) is 16.2. The van der Waals surface area contributed by atoms with E-state index in [1.807, 2.05) is 0 Å². The number of hydrogen-bond acceptors (Lipinski definition) is 6. The Kier molecular flexibility index (Phi) is 9.30. The third kappa shape index (κ3) is 6.47. The number of nitrogens with zero attached hydrogens (tertiary/aromatic N) is 3. The van der Waals surface area contributed by atoms with Crippen molar-refractivity contribution in [1.29, 1.82) is 0 Å². The molecule has 0 radical (unpaired) electrons. The van der Waals surface area contributed by atoms with Gasteiger partial charge in [-0.05, 0) is 38.9 Å². The maximum absolute atomic E-state index is 6.05. The molecule has 1 aromatic rings.